The third-order valence-electron chi connectivity index (χ3n) is 4.17. The van der Waals surface area contributed by atoms with Gasteiger partial charge in [-0.1, -0.05) is 20.8 Å². The summed E-state index contributed by atoms with van der Waals surface area (Å²) < 4.78 is 5.96. The third-order valence-corrected chi connectivity index (χ3v) is 8.67. The molecule has 1 amide bonds. The van der Waals surface area contributed by atoms with Crippen molar-refractivity contribution < 1.29 is 29.3 Å². The highest BCUT2D eigenvalue weighted by atomic mass is 28.4. The normalized spacial score (nSPS) is 27.7. The number of hydrogen-bond acceptors (Lipinski definition) is 4. The van der Waals surface area contributed by atoms with Gasteiger partial charge in [-0.05, 0) is 18.1 Å². The highest BCUT2D eigenvalue weighted by Crippen LogP contribution is 2.39. The second-order valence-corrected chi connectivity index (χ2v) is 11.4. The number of aliphatic carboxylic acids is 1. The molecule has 8 heteroatoms. The van der Waals surface area contributed by atoms with Crippen molar-refractivity contribution in [3.05, 3.63) is 0 Å². The molecule has 20 heavy (non-hydrogen) atoms. The predicted molar refractivity (Wildman–Crippen MR) is 74.0 cm³/mol. The zero-order valence-corrected chi connectivity index (χ0v) is 13.5. The molecule has 1 saturated heterocycles. The largest absolute Gasteiger partial charge is 0.480 e. The molecule has 1 rings (SSSR count). The van der Waals surface area contributed by atoms with Gasteiger partial charge < -0.3 is 19.7 Å². The molecule has 0 radical (unpaired) electrons. The van der Waals surface area contributed by atoms with Gasteiger partial charge in [0.05, 0.1) is 6.10 Å². The van der Waals surface area contributed by atoms with Crippen molar-refractivity contribution in [2.45, 2.75) is 63.7 Å². The van der Waals surface area contributed by atoms with Crippen LogP contribution >= 0.6 is 0 Å². The van der Waals surface area contributed by atoms with Crippen LogP contribution in [0.5, 0.6) is 0 Å². The minimum atomic E-state index is -2.21. The van der Waals surface area contributed by atoms with Gasteiger partial charge in [0, 0.05) is 6.42 Å². The molecule has 0 aromatic heterocycles. The lowest BCUT2D eigenvalue weighted by atomic mass is 10.2. The first-order chi connectivity index (χ1) is 8.88. The Balaban J connectivity index is 2.94. The fourth-order valence-electron chi connectivity index (χ4n) is 1.95. The second-order valence-electron chi connectivity index (χ2n) is 6.61. The van der Waals surface area contributed by atoms with E-state index in [-0.39, 0.29) is 11.5 Å². The van der Waals surface area contributed by atoms with Crippen molar-refractivity contribution >= 4 is 20.4 Å². The maximum atomic E-state index is 11.1. The van der Waals surface area contributed by atoms with Crippen molar-refractivity contribution in [3.8, 4) is 0 Å². The van der Waals surface area contributed by atoms with E-state index < -0.39 is 38.8 Å². The van der Waals surface area contributed by atoms with Gasteiger partial charge in [-0.15, -0.1) is 0 Å². The van der Waals surface area contributed by atoms with Gasteiger partial charge in [-0.3, -0.25) is 4.90 Å². The predicted octanol–water partition coefficient (Wildman–Crippen LogP) is 1.53. The van der Waals surface area contributed by atoms with Gasteiger partial charge in [0.15, 0.2) is 14.5 Å². The summed E-state index contributed by atoms with van der Waals surface area (Å²) in [6.07, 6.45) is -3.72. The van der Waals surface area contributed by atoms with Crippen LogP contribution < -0.4 is 0 Å². The fourth-order valence-corrected chi connectivity index (χ4v) is 3.28. The number of carbonyl (C=O) groups is 2. The molecule has 116 valence electrons. The summed E-state index contributed by atoms with van der Waals surface area (Å²) in [7, 11) is -2.21. The first-order valence-electron chi connectivity index (χ1n) is 6.48. The summed E-state index contributed by atoms with van der Waals surface area (Å²) in [6, 6.07) is -1.27. The van der Waals surface area contributed by atoms with Crippen LogP contribution in [0.2, 0.25) is 18.1 Å². The smallest absolute Gasteiger partial charge is 0.410 e. The average molecular weight is 305 g/mol. The zero-order chi connectivity index (χ0) is 15.9. The van der Waals surface area contributed by atoms with Gasteiger partial charge in [0.1, 0.15) is 6.04 Å². The molecule has 0 aromatic rings. The molecule has 0 aliphatic carbocycles. The molecular weight excluding hydrogens is 282 g/mol. The Hall–Kier alpha value is -1.12. The summed E-state index contributed by atoms with van der Waals surface area (Å²) in [5.41, 5.74) is 0. The van der Waals surface area contributed by atoms with Gasteiger partial charge in [-0.2, -0.15) is 0 Å². The van der Waals surface area contributed by atoms with E-state index in [1.165, 1.54) is 0 Å². The lowest BCUT2D eigenvalue weighted by molar-refractivity contribution is -0.143. The Kier molecular flexibility index (Phi) is 4.52. The SMILES string of the molecule is CC(C)(C)[Si](C)(C)O[C@@H]1C[C@@H](C(=O)O)N(C(=O)O)C1O. The Morgan fingerprint density at radius 2 is 1.75 bits per heavy atom. The summed E-state index contributed by atoms with van der Waals surface area (Å²) in [5, 5.41) is 28.0. The average Bonchev–Trinajstić information content (AvgIpc) is 2.54. The third kappa shape index (κ3) is 3.13. The summed E-state index contributed by atoms with van der Waals surface area (Å²) in [4.78, 5) is 22.8. The van der Waals surface area contributed by atoms with Crippen LogP contribution in [0.4, 0.5) is 4.79 Å². The molecule has 0 saturated carbocycles. The molecule has 0 aromatic carbocycles. The van der Waals surface area contributed by atoms with E-state index in [1.807, 2.05) is 33.9 Å². The lowest BCUT2D eigenvalue weighted by Crippen LogP contribution is -2.49. The van der Waals surface area contributed by atoms with Gasteiger partial charge >= 0.3 is 12.1 Å². The number of likely N-dealkylation sites (tertiary alicyclic amines) is 1. The second kappa shape index (κ2) is 5.34. The topological polar surface area (TPSA) is 107 Å². The molecule has 3 N–H and O–H groups in total. The van der Waals surface area contributed by atoms with Crippen LogP contribution in [0.3, 0.4) is 0 Å². The van der Waals surface area contributed by atoms with Crippen molar-refractivity contribution in [2.24, 2.45) is 0 Å². The first kappa shape index (κ1) is 16.9. The minimum absolute atomic E-state index is 0.0324. The number of hydrogen-bond donors (Lipinski definition) is 3. The zero-order valence-electron chi connectivity index (χ0n) is 12.5. The first-order valence-corrected chi connectivity index (χ1v) is 9.39. The van der Waals surface area contributed by atoms with Crippen LogP contribution in [0.25, 0.3) is 0 Å². The molecule has 1 aliphatic heterocycles. The fraction of sp³-hybridized carbons (Fsp3) is 0.833. The number of nitrogens with zero attached hydrogens (tertiary/aromatic N) is 1. The van der Waals surface area contributed by atoms with E-state index in [2.05, 4.69) is 0 Å². The maximum Gasteiger partial charge on any atom is 0.410 e. The van der Waals surface area contributed by atoms with Crippen molar-refractivity contribution in [2.75, 3.05) is 0 Å². The molecular formula is C12H23NO6Si. The number of aliphatic hydroxyl groups is 1. The van der Waals surface area contributed by atoms with Gasteiger partial charge in [0.2, 0.25) is 0 Å². The van der Waals surface area contributed by atoms with E-state index in [4.69, 9.17) is 14.6 Å². The number of rotatable bonds is 3. The summed E-state index contributed by atoms with van der Waals surface area (Å²) >= 11 is 0. The quantitative estimate of drug-likeness (QED) is 0.683. The lowest BCUT2D eigenvalue weighted by Gasteiger charge is -2.39. The molecule has 7 nitrogen and oxygen atoms in total. The summed E-state index contributed by atoms with van der Waals surface area (Å²) in [6.45, 7) is 10.00. The van der Waals surface area contributed by atoms with Crippen LogP contribution in [0.15, 0.2) is 0 Å². The summed E-state index contributed by atoms with van der Waals surface area (Å²) in [5.74, 6) is -1.27. The number of carboxylic acid groups (broad SMARTS) is 2. The van der Waals surface area contributed by atoms with Crippen LogP contribution in [0.1, 0.15) is 27.2 Å². The molecule has 0 bridgehead atoms. The van der Waals surface area contributed by atoms with Crippen LogP contribution in [-0.4, -0.2) is 59.0 Å². The highest BCUT2D eigenvalue weighted by Gasteiger charge is 2.50. The molecule has 1 unspecified atom stereocenters. The molecule has 1 heterocycles. The monoisotopic (exact) mass is 305 g/mol. The Labute approximate surface area is 119 Å². The van der Waals surface area contributed by atoms with Gasteiger partial charge in [-0.25, -0.2) is 9.59 Å². The van der Waals surface area contributed by atoms with E-state index in [0.717, 1.165) is 0 Å². The Morgan fingerprint density at radius 3 is 2.05 bits per heavy atom. The van der Waals surface area contributed by atoms with E-state index in [0.29, 0.717) is 4.90 Å². The van der Waals surface area contributed by atoms with Crippen LogP contribution in [-0.2, 0) is 9.22 Å². The van der Waals surface area contributed by atoms with E-state index in [9.17, 15) is 14.7 Å². The van der Waals surface area contributed by atoms with E-state index in [1.54, 1.807) is 0 Å². The molecule has 3 atom stereocenters. The standard InChI is InChI=1S/C12H23NO6Si/c1-12(2,3)20(4,5)19-8-6-7(10(15)16)13(9(8)14)11(17)18/h7-9,14H,6H2,1-5H3,(H,15,16)(H,17,18)/t7-,8+,9?/m0/s1. The van der Waals surface area contributed by atoms with E-state index >= 15 is 0 Å². The Morgan fingerprint density at radius 1 is 1.25 bits per heavy atom. The Bertz CT molecular complexity index is 405. The number of aliphatic hydroxyl groups excluding tert-OH is 1. The number of amides is 1. The van der Waals surface area contributed by atoms with Crippen LogP contribution in [0, 0.1) is 0 Å². The minimum Gasteiger partial charge on any atom is -0.480 e. The van der Waals surface area contributed by atoms with Crippen molar-refractivity contribution in [1.82, 2.24) is 4.90 Å². The molecule has 1 fully saturated rings. The highest BCUT2D eigenvalue weighted by molar-refractivity contribution is 6.74. The number of carboxylic acids is 1. The van der Waals surface area contributed by atoms with Gasteiger partial charge in [0.25, 0.3) is 0 Å². The molecule has 1 aliphatic rings. The van der Waals surface area contributed by atoms with Crippen molar-refractivity contribution in [3.63, 3.8) is 0 Å². The molecule has 0 spiro atoms. The maximum absolute atomic E-state index is 11.1. The van der Waals surface area contributed by atoms with Crippen molar-refractivity contribution in [1.29, 1.82) is 0 Å².